The van der Waals surface area contributed by atoms with Gasteiger partial charge in [-0.25, -0.2) is 17.5 Å². The summed E-state index contributed by atoms with van der Waals surface area (Å²) in [5, 5.41) is 13.3. The van der Waals surface area contributed by atoms with Crippen molar-refractivity contribution in [3.63, 3.8) is 0 Å². The van der Waals surface area contributed by atoms with Crippen molar-refractivity contribution in [1.82, 2.24) is 9.78 Å². The summed E-state index contributed by atoms with van der Waals surface area (Å²) in [6.45, 7) is 0. The monoisotopic (exact) mass is 341 g/mol. The molecule has 120 valence electrons. The van der Waals surface area contributed by atoms with Crippen molar-refractivity contribution in [2.75, 3.05) is 6.26 Å². The number of halogens is 1. The maximum absolute atomic E-state index is 13.1. The van der Waals surface area contributed by atoms with Gasteiger partial charge in [0.1, 0.15) is 11.9 Å². The third kappa shape index (κ3) is 3.05. The van der Waals surface area contributed by atoms with Crippen LogP contribution in [0.1, 0.15) is 5.69 Å². The zero-order valence-corrected chi connectivity index (χ0v) is 13.5. The van der Waals surface area contributed by atoms with Crippen LogP contribution in [0, 0.1) is 17.1 Å². The number of hydrogen-bond acceptors (Lipinski definition) is 4. The zero-order valence-electron chi connectivity index (χ0n) is 12.6. The first-order chi connectivity index (χ1) is 11.4. The van der Waals surface area contributed by atoms with Gasteiger partial charge in [0.2, 0.25) is 0 Å². The summed E-state index contributed by atoms with van der Waals surface area (Å²) in [7, 11) is -3.28. The molecule has 0 aliphatic heterocycles. The first-order valence-electron chi connectivity index (χ1n) is 6.95. The average molecular weight is 341 g/mol. The highest BCUT2D eigenvalue weighted by Gasteiger charge is 2.13. The van der Waals surface area contributed by atoms with Gasteiger partial charge in [0.15, 0.2) is 15.5 Å². The number of sulfone groups is 1. The Hall–Kier alpha value is -2.98. The minimum absolute atomic E-state index is 0.208. The van der Waals surface area contributed by atoms with Crippen LogP contribution >= 0.6 is 0 Å². The Morgan fingerprint density at radius 2 is 1.71 bits per heavy atom. The highest BCUT2D eigenvalue weighted by Crippen LogP contribution is 2.25. The van der Waals surface area contributed by atoms with E-state index in [0.29, 0.717) is 16.9 Å². The van der Waals surface area contributed by atoms with Gasteiger partial charge < -0.3 is 0 Å². The van der Waals surface area contributed by atoms with E-state index >= 15 is 0 Å². The molecule has 0 bridgehead atoms. The van der Waals surface area contributed by atoms with Crippen LogP contribution in [-0.4, -0.2) is 24.5 Å². The largest absolute Gasteiger partial charge is 0.232 e. The molecule has 1 aromatic heterocycles. The van der Waals surface area contributed by atoms with Crippen LogP contribution in [0.25, 0.3) is 16.9 Å². The third-order valence-electron chi connectivity index (χ3n) is 3.47. The van der Waals surface area contributed by atoms with Gasteiger partial charge in [-0.3, -0.25) is 0 Å². The fourth-order valence-electron chi connectivity index (χ4n) is 2.29. The molecule has 0 N–H and O–H groups in total. The van der Waals surface area contributed by atoms with E-state index in [1.54, 1.807) is 30.3 Å². The Bertz CT molecular complexity index is 1030. The molecular formula is C17H12FN3O2S. The summed E-state index contributed by atoms with van der Waals surface area (Å²) < 4.78 is 37.7. The predicted octanol–water partition coefficient (Wildman–Crippen LogP) is 2.95. The molecule has 5 nitrogen and oxygen atoms in total. The van der Waals surface area contributed by atoms with Crippen LogP contribution in [0.4, 0.5) is 4.39 Å². The minimum Gasteiger partial charge on any atom is -0.232 e. The molecule has 0 radical (unpaired) electrons. The molecule has 0 aliphatic rings. The lowest BCUT2D eigenvalue weighted by Crippen LogP contribution is -2.00. The molecule has 0 aliphatic carbocycles. The molecule has 1 heterocycles. The molecular weight excluding hydrogens is 329 g/mol. The van der Waals surface area contributed by atoms with Crippen LogP contribution in [0.5, 0.6) is 0 Å². The van der Waals surface area contributed by atoms with E-state index in [0.717, 1.165) is 6.26 Å². The van der Waals surface area contributed by atoms with Crippen LogP contribution < -0.4 is 0 Å². The molecule has 0 atom stereocenters. The van der Waals surface area contributed by atoms with Crippen molar-refractivity contribution in [3.05, 3.63) is 66.1 Å². The Morgan fingerprint density at radius 3 is 2.25 bits per heavy atom. The van der Waals surface area contributed by atoms with Crippen molar-refractivity contribution in [1.29, 1.82) is 5.26 Å². The topological polar surface area (TPSA) is 75.8 Å². The lowest BCUT2D eigenvalue weighted by molar-refractivity contribution is 0.602. The molecule has 3 rings (SSSR count). The third-order valence-corrected chi connectivity index (χ3v) is 4.60. The number of nitrogens with zero attached hydrogens (tertiary/aromatic N) is 3. The Morgan fingerprint density at radius 1 is 1.08 bits per heavy atom. The molecule has 3 aromatic rings. The SMILES string of the molecule is CS(=O)(=O)c1ccc(-c2cc(C#N)nn2-c2ccc(F)cc2)cc1. The number of benzene rings is 2. The molecule has 7 heteroatoms. The van der Waals surface area contributed by atoms with Gasteiger partial charge in [0.05, 0.1) is 16.3 Å². The number of hydrogen-bond donors (Lipinski definition) is 0. The Balaban J connectivity index is 2.12. The maximum atomic E-state index is 13.1. The van der Waals surface area contributed by atoms with Gasteiger partial charge in [-0.05, 0) is 36.4 Å². The van der Waals surface area contributed by atoms with Gasteiger partial charge in [-0.1, -0.05) is 12.1 Å². The van der Waals surface area contributed by atoms with Crippen molar-refractivity contribution in [2.24, 2.45) is 0 Å². The van der Waals surface area contributed by atoms with E-state index in [2.05, 4.69) is 5.10 Å². The smallest absolute Gasteiger partial charge is 0.175 e. The molecule has 0 unspecified atom stereocenters. The number of rotatable bonds is 3. The van der Waals surface area contributed by atoms with Gasteiger partial charge in [0, 0.05) is 17.9 Å². The highest BCUT2D eigenvalue weighted by atomic mass is 32.2. The van der Waals surface area contributed by atoms with Gasteiger partial charge in [-0.15, -0.1) is 0 Å². The number of nitriles is 1. The van der Waals surface area contributed by atoms with Gasteiger partial charge in [0.25, 0.3) is 0 Å². The standard InChI is InChI=1S/C17H12FN3O2S/c1-24(22,23)16-8-2-12(3-9-16)17-10-14(11-19)20-21(17)15-6-4-13(18)5-7-15/h2-10H,1H3. The summed E-state index contributed by atoms with van der Waals surface area (Å²) in [6, 6.07) is 15.6. The summed E-state index contributed by atoms with van der Waals surface area (Å²) in [5.74, 6) is -0.370. The van der Waals surface area contributed by atoms with Gasteiger partial charge in [-0.2, -0.15) is 10.4 Å². The van der Waals surface area contributed by atoms with Crippen molar-refractivity contribution in [3.8, 4) is 23.0 Å². The first-order valence-corrected chi connectivity index (χ1v) is 8.84. The summed E-state index contributed by atoms with van der Waals surface area (Å²) in [6.07, 6.45) is 1.14. The fraction of sp³-hybridized carbons (Fsp3) is 0.0588. The quantitative estimate of drug-likeness (QED) is 0.734. The summed E-state index contributed by atoms with van der Waals surface area (Å²) >= 11 is 0. The molecule has 0 fully saturated rings. The van der Waals surface area contributed by atoms with E-state index in [1.807, 2.05) is 6.07 Å². The van der Waals surface area contributed by atoms with E-state index in [-0.39, 0.29) is 16.4 Å². The van der Waals surface area contributed by atoms with Crippen molar-refractivity contribution >= 4 is 9.84 Å². The van der Waals surface area contributed by atoms with E-state index in [1.165, 1.54) is 28.9 Å². The molecule has 0 spiro atoms. The fourth-order valence-corrected chi connectivity index (χ4v) is 2.92. The van der Waals surface area contributed by atoms with E-state index in [9.17, 15) is 12.8 Å². The van der Waals surface area contributed by atoms with Crippen LogP contribution in [0.3, 0.4) is 0 Å². The lowest BCUT2D eigenvalue weighted by atomic mass is 10.1. The molecule has 0 saturated heterocycles. The molecule has 0 saturated carbocycles. The Labute approximate surface area is 138 Å². The van der Waals surface area contributed by atoms with Crippen molar-refractivity contribution in [2.45, 2.75) is 4.90 Å². The summed E-state index contributed by atoms with van der Waals surface area (Å²) in [5.41, 5.74) is 2.11. The van der Waals surface area contributed by atoms with Gasteiger partial charge >= 0.3 is 0 Å². The van der Waals surface area contributed by atoms with Crippen molar-refractivity contribution < 1.29 is 12.8 Å². The second-order valence-corrected chi connectivity index (χ2v) is 7.23. The molecule has 0 amide bonds. The van der Waals surface area contributed by atoms with Crippen LogP contribution in [0.15, 0.2) is 59.5 Å². The maximum Gasteiger partial charge on any atom is 0.175 e. The lowest BCUT2D eigenvalue weighted by Gasteiger charge is -2.08. The second kappa shape index (κ2) is 5.91. The Kier molecular flexibility index (Phi) is 3.91. The van der Waals surface area contributed by atoms with E-state index in [4.69, 9.17) is 5.26 Å². The first kappa shape index (κ1) is 15.9. The minimum atomic E-state index is -3.28. The number of aromatic nitrogens is 2. The van der Waals surface area contributed by atoms with Crippen LogP contribution in [-0.2, 0) is 9.84 Å². The predicted molar refractivity (Wildman–Crippen MR) is 86.8 cm³/mol. The average Bonchev–Trinajstić information content (AvgIpc) is 2.99. The van der Waals surface area contributed by atoms with E-state index < -0.39 is 9.84 Å². The molecule has 2 aromatic carbocycles. The molecule has 24 heavy (non-hydrogen) atoms. The summed E-state index contributed by atoms with van der Waals surface area (Å²) in [4.78, 5) is 0.208. The zero-order chi connectivity index (χ0) is 17.3. The second-order valence-electron chi connectivity index (χ2n) is 5.21. The normalized spacial score (nSPS) is 11.2. The highest BCUT2D eigenvalue weighted by molar-refractivity contribution is 7.90. The van der Waals surface area contributed by atoms with Crippen LogP contribution in [0.2, 0.25) is 0 Å².